The molecule has 3 aromatic rings. The van der Waals surface area contributed by atoms with Crippen molar-refractivity contribution < 1.29 is 4.74 Å². The van der Waals surface area contributed by atoms with Crippen LogP contribution in [0.5, 0.6) is 11.5 Å². The molecule has 0 bridgehead atoms. The van der Waals surface area contributed by atoms with Crippen LogP contribution in [0.25, 0.3) is 0 Å². The summed E-state index contributed by atoms with van der Waals surface area (Å²) in [5, 5.41) is 3.54. The molecule has 1 aliphatic heterocycles. The van der Waals surface area contributed by atoms with Crippen LogP contribution in [0.1, 0.15) is 35.5 Å². The Bertz CT molecular complexity index is 873. The van der Waals surface area contributed by atoms with Gasteiger partial charge in [-0.3, -0.25) is 4.98 Å². The van der Waals surface area contributed by atoms with E-state index in [1.807, 2.05) is 24.4 Å². The second kappa shape index (κ2) is 7.70. The largest absolute Gasteiger partial charge is 0.455 e. The summed E-state index contributed by atoms with van der Waals surface area (Å²) in [6.45, 7) is 4.85. The van der Waals surface area contributed by atoms with Gasteiger partial charge in [-0.25, -0.2) is 4.98 Å². The molecule has 0 radical (unpaired) electrons. The van der Waals surface area contributed by atoms with Gasteiger partial charge in [-0.1, -0.05) is 12.1 Å². The van der Waals surface area contributed by atoms with Crippen LogP contribution in [0.15, 0.2) is 48.9 Å². The molecule has 0 saturated heterocycles. The van der Waals surface area contributed by atoms with Crippen LogP contribution in [-0.4, -0.2) is 14.5 Å². The minimum Gasteiger partial charge on any atom is -0.455 e. The molecule has 1 N–H and O–H groups in total. The molecule has 0 spiro atoms. The fourth-order valence-electron chi connectivity index (χ4n) is 3.43. The average Bonchev–Trinajstić information content (AvgIpc) is 3.08. The highest BCUT2D eigenvalue weighted by molar-refractivity contribution is 5.39. The molecule has 2 aromatic heterocycles. The number of pyridine rings is 1. The van der Waals surface area contributed by atoms with Gasteiger partial charge in [-0.2, -0.15) is 0 Å². The number of hydrogen-bond donors (Lipinski definition) is 1. The van der Waals surface area contributed by atoms with E-state index in [1.54, 1.807) is 12.4 Å². The number of rotatable bonds is 6. The van der Waals surface area contributed by atoms with Gasteiger partial charge in [0, 0.05) is 38.4 Å². The van der Waals surface area contributed by atoms with Crippen LogP contribution < -0.4 is 10.1 Å². The lowest BCUT2D eigenvalue weighted by Crippen LogP contribution is -2.19. The van der Waals surface area contributed by atoms with E-state index >= 15 is 0 Å². The third kappa shape index (κ3) is 3.78. The molecule has 0 saturated carbocycles. The Kier molecular flexibility index (Phi) is 4.97. The summed E-state index contributed by atoms with van der Waals surface area (Å²) in [4.78, 5) is 8.63. The number of benzene rings is 1. The number of aryl methyl sites for hydroxylation is 2. The summed E-state index contributed by atoms with van der Waals surface area (Å²) >= 11 is 0. The molecule has 1 aliphatic rings. The Balaban J connectivity index is 1.35. The monoisotopic (exact) mass is 348 g/mol. The van der Waals surface area contributed by atoms with Crippen molar-refractivity contribution in [2.45, 2.75) is 45.8 Å². The van der Waals surface area contributed by atoms with Gasteiger partial charge in [0.2, 0.25) is 0 Å². The summed E-state index contributed by atoms with van der Waals surface area (Å²) in [6.07, 6.45) is 9.11. The standard InChI is InChI=1S/C21H24N4O/c1-16-11-17(7-8-20(16)26-19-5-4-9-22-15-19)12-23-13-18-14-24-21-6-2-3-10-25(18)21/h4-5,7-9,11,14-15,23H,2-3,6,10,12-13H2,1H3. The van der Waals surface area contributed by atoms with Crippen LogP contribution in [0.3, 0.4) is 0 Å². The van der Waals surface area contributed by atoms with Crippen LogP contribution in [0.4, 0.5) is 0 Å². The summed E-state index contributed by atoms with van der Waals surface area (Å²) in [5.41, 5.74) is 3.65. The third-order valence-electron chi connectivity index (χ3n) is 4.79. The van der Waals surface area contributed by atoms with Gasteiger partial charge in [0.1, 0.15) is 17.3 Å². The first kappa shape index (κ1) is 16.8. The molecule has 1 aromatic carbocycles. The minimum atomic E-state index is 0.756. The van der Waals surface area contributed by atoms with Crippen molar-refractivity contribution in [2.75, 3.05) is 0 Å². The van der Waals surface area contributed by atoms with Crippen LogP contribution in [0.2, 0.25) is 0 Å². The highest BCUT2D eigenvalue weighted by Crippen LogP contribution is 2.25. The molecule has 5 nitrogen and oxygen atoms in total. The lowest BCUT2D eigenvalue weighted by molar-refractivity contribution is 0.476. The lowest BCUT2D eigenvalue weighted by atomic mass is 10.1. The van der Waals surface area contributed by atoms with Crippen molar-refractivity contribution in [3.63, 3.8) is 0 Å². The molecule has 0 fully saturated rings. The number of imidazole rings is 1. The molecular weight excluding hydrogens is 324 g/mol. The zero-order valence-corrected chi connectivity index (χ0v) is 15.1. The van der Waals surface area contributed by atoms with Crippen molar-refractivity contribution >= 4 is 0 Å². The van der Waals surface area contributed by atoms with Crippen molar-refractivity contribution in [1.82, 2.24) is 19.9 Å². The van der Waals surface area contributed by atoms with Crippen LogP contribution >= 0.6 is 0 Å². The molecule has 3 heterocycles. The molecular formula is C21H24N4O. The van der Waals surface area contributed by atoms with E-state index in [0.717, 1.165) is 43.1 Å². The van der Waals surface area contributed by atoms with E-state index < -0.39 is 0 Å². The number of ether oxygens (including phenoxy) is 1. The van der Waals surface area contributed by atoms with Gasteiger partial charge >= 0.3 is 0 Å². The third-order valence-corrected chi connectivity index (χ3v) is 4.79. The van der Waals surface area contributed by atoms with Crippen molar-refractivity contribution in [2.24, 2.45) is 0 Å². The predicted octanol–water partition coefficient (Wildman–Crippen LogP) is 4.00. The Labute approximate surface area is 154 Å². The van der Waals surface area contributed by atoms with E-state index in [1.165, 1.54) is 29.9 Å². The van der Waals surface area contributed by atoms with Crippen molar-refractivity contribution in [1.29, 1.82) is 0 Å². The molecule has 0 unspecified atom stereocenters. The molecule has 0 aliphatic carbocycles. The number of nitrogens with zero attached hydrogens (tertiary/aromatic N) is 3. The van der Waals surface area contributed by atoms with E-state index in [-0.39, 0.29) is 0 Å². The highest BCUT2D eigenvalue weighted by atomic mass is 16.5. The molecule has 0 amide bonds. The first-order valence-corrected chi connectivity index (χ1v) is 9.21. The first-order valence-electron chi connectivity index (χ1n) is 9.21. The second-order valence-electron chi connectivity index (χ2n) is 6.77. The Morgan fingerprint density at radius 2 is 2.12 bits per heavy atom. The highest BCUT2D eigenvalue weighted by Gasteiger charge is 2.13. The Morgan fingerprint density at radius 3 is 2.96 bits per heavy atom. The number of nitrogens with one attached hydrogen (secondary N) is 1. The fourth-order valence-corrected chi connectivity index (χ4v) is 3.43. The van der Waals surface area contributed by atoms with Gasteiger partial charge in [0.05, 0.1) is 11.9 Å². The maximum atomic E-state index is 5.90. The Morgan fingerprint density at radius 1 is 1.15 bits per heavy atom. The van der Waals surface area contributed by atoms with Gasteiger partial charge < -0.3 is 14.6 Å². The molecule has 26 heavy (non-hydrogen) atoms. The van der Waals surface area contributed by atoms with Crippen LogP contribution in [0, 0.1) is 6.92 Å². The van der Waals surface area contributed by atoms with Crippen molar-refractivity contribution in [3.05, 3.63) is 71.6 Å². The van der Waals surface area contributed by atoms with Gasteiger partial charge in [-0.05, 0) is 49.1 Å². The summed E-state index contributed by atoms with van der Waals surface area (Å²) < 4.78 is 8.26. The topological polar surface area (TPSA) is 52.0 Å². The molecule has 0 atom stereocenters. The maximum absolute atomic E-state index is 5.90. The van der Waals surface area contributed by atoms with Gasteiger partial charge in [0.25, 0.3) is 0 Å². The summed E-state index contributed by atoms with van der Waals surface area (Å²) in [6, 6.07) is 10.1. The SMILES string of the molecule is Cc1cc(CNCc2cnc3n2CCCC3)ccc1Oc1cccnc1. The van der Waals surface area contributed by atoms with Crippen molar-refractivity contribution in [3.8, 4) is 11.5 Å². The normalized spacial score (nSPS) is 13.4. The molecule has 134 valence electrons. The smallest absolute Gasteiger partial charge is 0.145 e. The molecule has 5 heteroatoms. The maximum Gasteiger partial charge on any atom is 0.145 e. The van der Waals surface area contributed by atoms with Crippen LogP contribution in [-0.2, 0) is 26.1 Å². The van der Waals surface area contributed by atoms with E-state index in [2.05, 4.69) is 38.9 Å². The average molecular weight is 348 g/mol. The number of hydrogen-bond acceptors (Lipinski definition) is 4. The number of fused-ring (bicyclic) bond motifs is 1. The van der Waals surface area contributed by atoms with Gasteiger partial charge in [-0.15, -0.1) is 0 Å². The summed E-state index contributed by atoms with van der Waals surface area (Å²) in [5.74, 6) is 2.86. The predicted molar refractivity (Wildman–Crippen MR) is 101 cm³/mol. The second-order valence-corrected chi connectivity index (χ2v) is 6.77. The van der Waals surface area contributed by atoms with E-state index in [0.29, 0.717) is 0 Å². The number of aromatic nitrogens is 3. The quantitative estimate of drug-likeness (QED) is 0.731. The zero-order valence-electron chi connectivity index (χ0n) is 15.1. The van der Waals surface area contributed by atoms with E-state index in [4.69, 9.17) is 4.74 Å². The first-order chi connectivity index (χ1) is 12.8. The zero-order chi connectivity index (χ0) is 17.8. The van der Waals surface area contributed by atoms with E-state index in [9.17, 15) is 0 Å². The van der Waals surface area contributed by atoms with Gasteiger partial charge in [0.15, 0.2) is 0 Å². The lowest BCUT2D eigenvalue weighted by Gasteiger charge is -2.16. The Hall–Kier alpha value is -2.66. The summed E-state index contributed by atoms with van der Waals surface area (Å²) in [7, 11) is 0. The minimum absolute atomic E-state index is 0.756. The fraction of sp³-hybridized carbons (Fsp3) is 0.333. The molecule has 4 rings (SSSR count).